The van der Waals surface area contributed by atoms with E-state index in [9.17, 15) is 33.9 Å². The third-order valence-electron chi connectivity index (χ3n) is 7.19. The second-order valence-electron chi connectivity index (χ2n) is 11.3. The van der Waals surface area contributed by atoms with Crippen LogP contribution in [0.3, 0.4) is 0 Å². The molecule has 4 amide bonds. The van der Waals surface area contributed by atoms with Gasteiger partial charge in [0.15, 0.2) is 0 Å². The molecule has 0 radical (unpaired) electrons. The van der Waals surface area contributed by atoms with Crippen LogP contribution < -0.4 is 27.0 Å². The summed E-state index contributed by atoms with van der Waals surface area (Å²) < 4.78 is 0. The number of carbonyl (C=O) groups is 6. The summed E-state index contributed by atoms with van der Waals surface area (Å²) in [4.78, 5) is 78.9. The number of amides is 4. The van der Waals surface area contributed by atoms with Crippen LogP contribution in [-0.4, -0.2) is 81.5 Å². The molecule has 0 saturated carbocycles. The summed E-state index contributed by atoms with van der Waals surface area (Å²) in [5, 5.41) is 29.6. The molecule has 3 rings (SSSR count). The van der Waals surface area contributed by atoms with Crippen molar-refractivity contribution in [2.24, 2.45) is 11.7 Å². The molecule has 3 aromatic rings. The largest absolute Gasteiger partial charge is 0.481 e. The van der Waals surface area contributed by atoms with E-state index in [-0.39, 0.29) is 31.7 Å². The Bertz CT molecular complexity index is 1540. The Morgan fingerprint density at radius 3 is 1.89 bits per heavy atom. The molecule has 0 bridgehead atoms. The van der Waals surface area contributed by atoms with Crippen LogP contribution in [-0.2, 0) is 41.6 Å². The number of para-hydroxylation sites is 1. The standard InChI is InChI=1S/C32H40N6O8/c1-18(2)12-23(35-27(39)16-33)29(42)36-24(13-19-8-4-3-5-9-19)30(43)37-25(31(44)38-26(32(45)46)15-28(40)41)14-20-17-34-22-11-7-6-10-21(20)22/h3-11,17-18,23-26,34H,12-16,33H2,1-2H3,(H,35,39)(H,36,42)(H,37,43)(H,38,44)(H,40,41)(H,45,46)/t23-,24-,25-,26-/m0/s1. The Hall–Kier alpha value is -5.24. The number of aromatic amines is 1. The highest BCUT2D eigenvalue weighted by Crippen LogP contribution is 2.19. The minimum Gasteiger partial charge on any atom is -0.481 e. The van der Waals surface area contributed by atoms with Crippen molar-refractivity contribution in [2.75, 3.05) is 6.54 Å². The number of benzene rings is 2. The van der Waals surface area contributed by atoms with E-state index in [4.69, 9.17) is 10.8 Å². The number of aliphatic carboxylic acids is 2. The molecule has 0 aliphatic heterocycles. The highest BCUT2D eigenvalue weighted by Gasteiger charge is 2.32. The molecule has 1 aromatic heterocycles. The van der Waals surface area contributed by atoms with E-state index in [1.165, 1.54) is 0 Å². The second kappa shape index (κ2) is 16.7. The fourth-order valence-corrected chi connectivity index (χ4v) is 4.94. The number of hydrogen-bond donors (Lipinski definition) is 8. The van der Waals surface area contributed by atoms with E-state index in [0.29, 0.717) is 11.1 Å². The molecule has 9 N–H and O–H groups in total. The fourth-order valence-electron chi connectivity index (χ4n) is 4.94. The molecule has 0 fully saturated rings. The van der Waals surface area contributed by atoms with Crippen LogP contribution in [0.4, 0.5) is 0 Å². The molecule has 0 spiro atoms. The first kappa shape index (κ1) is 35.2. The summed E-state index contributed by atoms with van der Waals surface area (Å²) >= 11 is 0. The zero-order valence-corrected chi connectivity index (χ0v) is 25.6. The van der Waals surface area contributed by atoms with E-state index in [1.807, 2.05) is 32.0 Å². The van der Waals surface area contributed by atoms with Crippen molar-refractivity contribution < 1.29 is 39.0 Å². The third-order valence-corrected chi connectivity index (χ3v) is 7.19. The molecule has 0 saturated heterocycles. The van der Waals surface area contributed by atoms with Crippen molar-refractivity contribution in [3.8, 4) is 0 Å². The Kier molecular flexibility index (Phi) is 12.8. The predicted molar refractivity (Wildman–Crippen MR) is 168 cm³/mol. The van der Waals surface area contributed by atoms with Gasteiger partial charge < -0.3 is 42.2 Å². The number of carbonyl (C=O) groups excluding carboxylic acids is 4. The van der Waals surface area contributed by atoms with Crippen LogP contribution in [0.5, 0.6) is 0 Å². The summed E-state index contributed by atoms with van der Waals surface area (Å²) in [7, 11) is 0. The lowest BCUT2D eigenvalue weighted by atomic mass is 10.00. The molecule has 2 aromatic carbocycles. The van der Waals surface area contributed by atoms with Crippen LogP contribution in [0, 0.1) is 5.92 Å². The van der Waals surface area contributed by atoms with E-state index >= 15 is 0 Å². The lowest BCUT2D eigenvalue weighted by molar-refractivity contribution is -0.147. The quantitative estimate of drug-likeness (QED) is 0.103. The maximum atomic E-state index is 13.9. The Labute approximate surface area is 265 Å². The molecule has 46 heavy (non-hydrogen) atoms. The average Bonchev–Trinajstić information content (AvgIpc) is 3.42. The van der Waals surface area contributed by atoms with Gasteiger partial charge in [-0.25, -0.2) is 4.79 Å². The van der Waals surface area contributed by atoms with Gasteiger partial charge >= 0.3 is 11.9 Å². The second-order valence-corrected chi connectivity index (χ2v) is 11.3. The van der Waals surface area contributed by atoms with Crippen molar-refractivity contribution in [1.82, 2.24) is 26.3 Å². The van der Waals surface area contributed by atoms with Crippen LogP contribution in [0.2, 0.25) is 0 Å². The Morgan fingerprint density at radius 2 is 1.30 bits per heavy atom. The monoisotopic (exact) mass is 636 g/mol. The van der Waals surface area contributed by atoms with Gasteiger partial charge in [0.1, 0.15) is 24.2 Å². The van der Waals surface area contributed by atoms with Crippen LogP contribution in [0.15, 0.2) is 60.8 Å². The molecule has 246 valence electrons. The third kappa shape index (κ3) is 10.4. The summed E-state index contributed by atoms with van der Waals surface area (Å²) in [5.41, 5.74) is 7.53. The molecule has 0 unspecified atom stereocenters. The molecule has 0 aliphatic rings. The van der Waals surface area contributed by atoms with Crippen LogP contribution in [0.25, 0.3) is 10.9 Å². The number of carboxylic acid groups (broad SMARTS) is 2. The van der Waals surface area contributed by atoms with Crippen LogP contribution in [0.1, 0.15) is 37.8 Å². The van der Waals surface area contributed by atoms with Gasteiger partial charge in [-0.15, -0.1) is 0 Å². The fraction of sp³-hybridized carbons (Fsp3) is 0.375. The highest BCUT2D eigenvalue weighted by atomic mass is 16.4. The van der Waals surface area contributed by atoms with E-state index in [1.54, 1.807) is 42.6 Å². The van der Waals surface area contributed by atoms with Crippen molar-refractivity contribution in [2.45, 2.75) is 63.7 Å². The molecular formula is C32H40N6O8. The maximum Gasteiger partial charge on any atom is 0.326 e. The molecule has 14 nitrogen and oxygen atoms in total. The minimum atomic E-state index is -1.75. The predicted octanol–water partition coefficient (Wildman–Crippen LogP) is 0.456. The van der Waals surface area contributed by atoms with Gasteiger partial charge in [-0.2, -0.15) is 0 Å². The summed E-state index contributed by atoms with van der Waals surface area (Å²) in [6.45, 7) is 3.40. The van der Waals surface area contributed by atoms with Gasteiger partial charge in [-0.3, -0.25) is 24.0 Å². The van der Waals surface area contributed by atoms with Gasteiger partial charge in [0.25, 0.3) is 0 Å². The van der Waals surface area contributed by atoms with Crippen molar-refractivity contribution in [1.29, 1.82) is 0 Å². The smallest absolute Gasteiger partial charge is 0.326 e. The van der Waals surface area contributed by atoms with E-state index in [0.717, 1.165) is 10.9 Å². The average molecular weight is 637 g/mol. The topological polar surface area (TPSA) is 233 Å². The first-order valence-corrected chi connectivity index (χ1v) is 14.8. The molecule has 14 heteroatoms. The maximum absolute atomic E-state index is 13.9. The van der Waals surface area contributed by atoms with Gasteiger partial charge in [0.05, 0.1) is 13.0 Å². The number of fused-ring (bicyclic) bond motifs is 1. The zero-order valence-electron chi connectivity index (χ0n) is 25.6. The normalized spacial score (nSPS) is 13.7. The molecule has 0 aliphatic carbocycles. The number of hydrogen-bond acceptors (Lipinski definition) is 7. The van der Waals surface area contributed by atoms with Gasteiger partial charge in [-0.1, -0.05) is 62.4 Å². The summed E-state index contributed by atoms with van der Waals surface area (Å²) in [6.07, 6.45) is 0.977. The summed E-state index contributed by atoms with van der Waals surface area (Å²) in [5.74, 6) is -5.84. The Morgan fingerprint density at radius 1 is 0.739 bits per heavy atom. The lowest BCUT2D eigenvalue weighted by Crippen LogP contribution is -2.59. The number of aromatic nitrogens is 1. The van der Waals surface area contributed by atoms with Crippen molar-refractivity contribution >= 4 is 46.5 Å². The van der Waals surface area contributed by atoms with Crippen molar-refractivity contribution in [3.63, 3.8) is 0 Å². The SMILES string of the molecule is CC(C)C[C@H](NC(=O)CN)C(=O)N[C@@H](Cc1ccccc1)C(=O)N[C@@H](Cc1c[nH]c2ccccc12)C(=O)N[C@@H](CC(=O)O)C(=O)O. The first-order chi connectivity index (χ1) is 21.9. The number of carboxylic acids is 2. The summed E-state index contributed by atoms with van der Waals surface area (Å²) in [6, 6.07) is 10.8. The minimum absolute atomic E-state index is 0.00691. The van der Waals surface area contributed by atoms with Gasteiger partial charge in [0.2, 0.25) is 23.6 Å². The molecular weight excluding hydrogens is 596 g/mol. The van der Waals surface area contributed by atoms with E-state index in [2.05, 4.69) is 26.3 Å². The lowest BCUT2D eigenvalue weighted by Gasteiger charge is -2.26. The van der Waals surface area contributed by atoms with Gasteiger partial charge in [-0.05, 0) is 29.5 Å². The van der Waals surface area contributed by atoms with Crippen molar-refractivity contribution in [3.05, 3.63) is 71.9 Å². The molecule has 4 atom stereocenters. The highest BCUT2D eigenvalue weighted by molar-refractivity contribution is 5.96. The molecule has 1 heterocycles. The number of nitrogens with two attached hydrogens (primary N) is 1. The Balaban J connectivity index is 1.94. The van der Waals surface area contributed by atoms with Gasteiger partial charge in [0, 0.05) is 29.9 Å². The first-order valence-electron chi connectivity index (χ1n) is 14.8. The number of rotatable bonds is 17. The number of nitrogens with one attached hydrogen (secondary N) is 5. The number of H-pyrrole nitrogens is 1. The van der Waals surface area contributed by atoms with E-state index < -0.39 is 66.2 Å². The van der Waals surface area contributed by atoms with Crippen LogP contribution >= 0.6 is 0 Å². The zero-order chi connectivity index (χ0) is 33.8.